The van der Waals surface area contributed by atoms with Crippen LogP contribution in [0.25, 0.3) is 28.2 Å². The van der Waals surface area contributed by atoms with E-state index in [1.54, 1.807) is 37.5 Å². The van der Waals surface area contributed by atoms with Crippen molar-refractivity contribution in [2.75, 3.05) is 5.73 Å². The Morgan fingerprint density at radius 1 is 1.06 bits per heavy atom. The molecule has 0 saturated carbocycles. The SMILES string of the molecule is Cn1nc(-c2c(-c3cccc(C#N)c3)nc(N)n3nc(Cc4ccccn4)nc23)ccc1=O. The van der Waals surface area contributed by atoms with Gasteiger partial charge in [0.2, 0.25) is 5.95 Å². The zero-order valence-corrected chi connectivity index (χ0v) is 17.5. The molecule has 0 atom stereocenters. The molecule has 33 heavy (non-hydrogen) atoms. The van der Waals surface area contributed by atoms with Gasteiger partial charge in [-0.3, -0.25) is 9.78 Å². The van der Waals surface area contributed by atoms with Crippen LogP contribution in [0.4, 0.5) is 5.95 Å². The number of nitrogen functional groups attached to an aromatic ring is 1. The Morgan fingerprint density at radius 2 is 1.94 bits per heavy atom. The molecule has 0 unspecified atom stereocenters. The van der Waals surface area contributed by atoms with Gasteiger partial charge in [-0.1, -0.05) is 18.2 Å². The lowest BCUT2D eigenvalue weighted by Gasteiger charge is -2.12. The van der Waals surface area contributed by atoms with Crippen molar-refractivity contribution in [3.05, 3.63) is 88.2 Å². The molecule has 160 valence electrons. The van der Waals surface area contributed by atoms with Crippen molar-refractivity contribution in [2.45, 2.75) is 6.42 Å². The molecule has 0 fully saturated rings. The molecule has 0 aliphatic heterocycles. The van der Waals surface area contributed by atoms with Crippen LogP contribution in [0.1, 0.15) is 17.1 Å². The van der Waals surface area contributed by atoms with Crippen molar-refractivity contribution in [1.29, 1.82) is 5.26 Å². The highest BCUT2D eigenvalue weighted by Crippen LogP contribution is 2.33. The van der Waals surface area contributed by atoms with Crippen LogP contribution in [-0.2, 0) is 13.5 Å². The number of hydrogen-bond donors (Lipinski definition) is 1. The van der Waals surface area contributed by atoms with Gasteiger partial charge in [0.15, 0.2) is 11.5 Å². The minimum atomic E-state index is -0.247. The van der Waals surface area contributed by atoms with E-state index in [-0.39, 0.29) is 11.5 Å². The molecule has 0 aliphatic rings. The predicted octanol–water partition coefficient (Wildman–Crippen LogP) is 1.99. The van der Waals surface area contributed by atoms with Gasteiger partial charge in [-0.05, 0) is 30.3 Å². The summed E-state index contributed by atoms with van der Waals surface area (Å²) in [5, 5.41) is 18.3. The molecular weight excluding hydrogens is 418 g/mol. The van der Waals surface area contributed by atoms with E-state index >= 15 is 0 Å². The highest BCUT2D eigenvalue weighted by molar-refractivity contribution is 5.89. The van der Waals surface area contributed by atoms with Crippen molar-refractivity contribution >= 4 is 11.6 Å². The summed E-state index contributed by atoms with van der Waals surface area (Å²) in [5.41, 5.74) is 9.93. The molecule has 10 nitrogen and oxygen atoms in total. The molecule has 0 spiro atoms. The molecule has 0 saturated heterocycles. The van der Waals surface area contributed by atoms with Crippen molar-refractivity contribution in [3.8, 4) is 28.6 Å². The quantitative estimate of drug-likeness (QED) is 0.452. The van der Waals surface area contributed by atoms with Gasteiger partial charge in [-0.25, -0.2) is 14.6 Å². The third-order valence-corrected chi connectivity index (χ3v) is 5.10. The van der Waals surface area contributed by atoms with E-state index in [2.05, 4.69) is 26.2 Å². The van der Waals surface area contributed by atoms with Crippen LogP contribution in [-0.4, -0.2) is 34.3 Å². The molecule has 0 radical (unpaired) electrons. The Balaban J connectivity index is 1.79. The largest absolute Gasteiger partial charge is 0.368 e. The molecule has 0 bridgehead atoms. The Labute approximate surface area is 187 Å². The molecular formula is C23H17N9O. The van der Waals surface area contributed by atoms with Crippen molar-refractivity contribution in [1.82, 2.24) is 34.3 Å². The fourth-order valence-electron chi connectivity index (χ4n) is 3.56. The fourth-order valence-corrected chi connectivity index (χ4v) is 3.56. The van der Waals surface area contributed by atoms with E-state index in [1.807, 2.05) is 24.3 Å². The Kier molecular flexibility index (Phi) is 4.84. The first-order valence-electron chi connectivity index (χ1n) is 10.0. The zero-order valence-electron chi connectivity index (χ0n) is 17.5. The first kappa shape index (κ1) is 20.0. The van der Waals surface area contributed by atoms with Crippen LogP contribution in [0.5, 0.6) is 0 Å². The first-order chi connectivity index (χ1) is 16.0. The summed E-state index contributed by atoms with van der Waals surface area (Å²) < 4.78 is 2.70. The topological polar surface area (TPSA) is 141 Å². The zero-order chi connectivity index (χ0) is 22.9. The van der Waals surface area contributed by atoms with Gasteiger partial charge in [-0.2, -0.15) is 14.9 Å². The second kappa shape index (κ2) is 7.97. The van der Waals surface area contributed by atoms with E-state index in [1.165, 1.54) is 15.3 Å². The van der Waals surface area contributed by atoms with Crippen molar-refractivity contribution in [3.63, 3.8) is 0 Å². The number of nitrogens with two attached hydrogens (primary N) is 1. The lowest BCUT2D eigenvalue weighted by molar-refractivity contribution is 0.712. The van der Waals surface area contributed by atoms with Gasteiger partial charge in [0.05, 0.1) is 35.0 Å². The van der Waals surface area contributed by atoms with Crippen LogP contribution >= 0.6 is 0 Å². The molecule has 2 N–H and O–H groups in total. The average Bonchev–Trinajstić information content (AvgIpc) is 3.25. The molecule has 1 aromatic carbocycles. The van der Waals surface area contributed by atoms with Gasteiger partial charge >= 0.3 is 0 Å². The standard InChI is InChI=1S/C23H17N9O/c1-31-19(33)9-8-17(29-31)20-21(15-6-4-5-14(11-15)13-24)28-23(25)32-22(20)27-18(30-32)12-16-7-2-3-10-26-16/h2-11H,12H2,1H3,(H2,25,28). The Morgan fingerprint density at radius 3 is 2.70 bits per heavy atom. The van der Waals surface area contributed by atoms with Crippen LogP contribution < -0.4 is 11.3 Å². The number of aryl methyl sites for hydroxylation is 1. The molecule has 5 rings (SSSR count). The van der Waals surface area contributed by atoms with Crippen LogP contribution in [0.2, 0.25) is 0 Å². The van der Waals surface area contributed by atoms with Gasteiger partial charge in [-0.15, -0.1) is 5.10 Å². The number of pyridine rings is 1. The van der Waals surface area contributed by atoms with E-state index in [4.69, 9.17) is 10.7 Å². The molecule has 10 heteroatoms. The lowest BCUT2D eigenvalue weighted by Crippen LogP contribution is -2.18. The normalized spacial score (nSPS) is 10.9. The predicted molar refractivity (Wildman–Crippen MR) is 121 cm³/mol. The number of nitrogens with zero attached hydrogens (tertiary/aromatic N) is 8. The maximum absolute atomic E-state index is 12.0. The smallest absolute Gasteiger partial charge is 0.266 e. The number of aromatic nitrogens is 7. The number of fused-ring (bicyclic) bond motifs is 1. The van der Waals surface area contributed by atoms with Crippen LogP contribution in [0.3, 0.4) is 0 Å². The van der Waals surface area contributed by atoms with E-state index in [9.17, 15) is 10.1 Å². The maximum Gasteiger partial charge on any atom is 0.266 e. The summed E-state index contributed by atoms with van der Waals surface area (Å²) in [7, 11) is 1.57. The summed E-state index contributed by atoms with van der Waals surface area (Å²) in [4.78, 5) is 25.6. The van der Waals surface area contributed by atoms with Gasteiger partial charge in [0.25, 0.3) is 5.56 Å². The average molecular weight is 435 g/mol. The van der Waals surface area contributed by atoms with E-state index < -0.39 is 0 Å². The summed E-state index contributed by atoms with van der Waals surface area (Å²) in [6.45, 7) is 0. The Hall–Kier alpha value is -4.91. The maximum atomic E-state index is 12.0. The van der Waals surface area contributed by atoms with Gasteiger partial charge in [0, 0.05) is 30.6 Å². The van der Waals surface area contributed by atoms with Crippen molar-refractivity contribution in [2.24, 2.45) is 7.05 Å². The summed E-state index contributed by atoms with van der Waals surface area (Å²) in [6.07, 6.45) is 2.11. The molecule has 0 aliphatic carbocycles. The number of benzene rings is 1. The summed E-state index contributed by atoms with van der Waals surface area (Å²) >= 11 is 0. The minimum absolute atomic E-state index is 0.135. The first-order valence-corrected chi connectivity index (χ1v) is 10.0. The van der Waals surface area contributed by atoms with E-state index in [0.717, 1.165) is 5.69 Å². The van der Waals surface area contributed by atoms with Crippen LogP contribution in [0, 0.1) is 11.3 Å². The third kappa shape index (κ3) is 3.68. The van der Waals surface area contributed by atoms with Crippen LogP contribution in [0.15, 0.2) is 65.6 Å². The number of hydrogen-bond acceptors (Lipinski definition) is 8. The fraction of sp³-hybridized carbons (Fsp3) is 0.0870. The lowest BCUT2D eigenvalue weighted by atomic mass is 10.0. The molecule has 4 aromatic heterocycles. The highest BCUT2D eigenvalue weighted by atomic mass is 16.1. The monoisotopic (exact) mass is 435 g/mol. The Bertz CT molecular complexity index is 1600. The molecule has 4 heterocycles. The number of anilines is 1. The summed E-state index contributed by atoms with van der Waals surface area (Å²) in [6, 6.07) is 17.8. The van der Waals surface area contributed by atoms with Gasteiger partial charge in [0.1, 0.15) is 0 Å². The number of nitriles is 1. The second-order valence-corrected chi connectivity index (χ2v) is 7.33. The second-order valence-electron chi connectivity index (χ2n) is 7.33. The number of rotatable bonds is 4. The van der Waals surface area contributed by atoms with E-state index in [0.29, 0.717) is 46.0 Å². The molecule has 0 amide bonds. The third-order valence-electron chi connectivity index (χ3n) is 5.10. The van der Waals surface area contributed by atoms with Gasteiger partial charge < -0.3 is 5.73 Å². The minimum Gasteiger partial charge on any atom is -0.368 e. The summed E-state index contributed by atoms with van der Waals surface area (Å²) in [5.74, 6) is 0.645. The molecule has 5 aromatic rings. The highest BCUT2D eigenvalue weighted by Gasteiger charge is 2.21. The van der Waals surface area contributed by atoms with Crippen molar-refractivity contribution < 1.29 is 0 Å².